The number of urea groups is 1. The zero-order valence-corrected chi connectivity index (χ0v) is 9.95. The number of carbonyl (C=O) groups is 1. The maximum Gasteiger partial charge on any atom is 0.318 e. The highest BCUT2D eigenvalue weighted by atomic mass is 16.2. The molecule has 0 radical (unpaired) electrons. The van der Waals surface area contributed by atoms with E-state index in [0.717, 1.165) is 11.3 Å². The molecule has 86 valence electrons. The molecule has 1 N–H and O–H groups in total. The van der Waals surface area contributed by atoms with Crippen LogP contribution >= 0.6 is 0 Å². The van der Waals surface area contributed by atoms with Crippen LogP contribution in [0.25, 0.3) is 0 Å². The summed E-state index contributed by atoms with van der Waals surface area (Å²) < 4.78 is 0. The van der Waals surface area contributed by atoms with Crippen LogP contribution in [-0.2, 0) is 13.1 Å². The Morgan fingerprint density at radius 2 is 2.19 bits per heavy atom. The topological polar surface area (TPSA) is 45.2 Å². The Kier molecular flexibility index (Phi) is 2.58. The van der Waals surface area contributed by atoms with Crippen LogP contribution in [0.1, 0.15) is 32.0 Å². The van der Waals surface area contributed by atoms with Crippen molar-refractivity contribution in [3.63, 3.8) is 0 Å². The van der Waals surface area contributed by atoms with E-state index in [-0.39, 0.29) is 11.6 Å². The number of amides is 2. The van der Waals surface area contributed by atoms with Gasteiger partial charge in [0.25, 0.3) is 0 Å². The van der Waals surface area contributed by atoms with Gasteiger partial charge in [0.15, 0.2) is 0 Å². The third kappa shape index (κ3) is 2.32. The molecule has 0 spiro atoms. The van der Waals surface area contributed by atoms with Crippen LogP contribution in [0.5, 0.6) is 0 Å². The summed E-state index contributed by atoms with van der Waals surface area (Å²) in [5.41, 5.74) is 1.96. The fraction of sp³-hybridized carbons (Fsp3) is 0.500. The van der Waals surface area contributed by atoms with Gasteiger partial charge in [0.1, 0.15) is 0 Å². The van der Waals surface area contributed by atoms with E-state index in [9.17, 15) is 4.79 Å². The first-order valence-electron chi connectivity index (χ1n) is 5.45. The van der Waals surface area contributed by atoms with Gasteiger partial charge in [-0.2, -0.15) is 0 Å². The molecule has 4 heteroatoms. The van der Waals surface area contributed by atoms with E-state index in [1.807, 2.05) is 32.9 Å². The minimum Gasteiger partial charge on any atom is -0.333 e. The molecule has 0 fully saturated rings. The van der Waals surface area contributed by atoms with Gasteiger partial charge in [0, 0.05) is 18.3 Å². The van der Waals surface area contributed by atoms with E-state index in [4.69, 9.17) is 0 Å². The molecule has 1 aliphatic heterocycles. The van der Waals surface area contributed by atoms with Crippen LogP contribution in [0.4, 0.5) is 4.79 Å². The molecule has 16 heavy (non-hydrogen) atoms. The van der Waals surface area contributed by atoms with Crippen molar-refractivity contribution >= 4 is 6.03 Å². The lowest BCUT2D eigenvalue weighted by molar-refractivity contribution is 0.189. The number of nitrogens with one attached hydrogen (secondary N) is 1. The second kappa shape index (κ2) is 3.77. The summed E-state index contributed by atoms with van der Waals surface area (Å²) in [4.78, 5) is 18.0. The van der Waals surface area contributed by atoms with E-state index in [2.05, 4.69) is 10.3 Å². The van der Waals surface area contributed by atoms with E-state index in [0.29, 0.717) is 13.1 Å². The quantitative estimate of drug-likeness (QED) is 0.724. The zero-order valence-electron chi connectivity index (χ0n) is 9.95. The highest BCUT2D eigenvalue weighted by Crippen LogP contribution is 2.20. The Balaban J connectivity index is 2.04. The second-order valence-corrected chi connectivity index (χ2v) is 5.15. The minimum atomic E-state index is -0.195. The summed E-state index contributed by atoms with van der Waals surface area (Å²) in [6.07, 6.45) is 1.77. The molecule has 1 aliphatic rings. The Hall–Kier alpha value is -1.58. The molecule has 4 nitrogen and oxygen atoms in total. The zero-order chi connectivity index (χ0) is 11.8. The van der Waals surface area contributed by atoms with Crippen molar-refractivity contribution in [2.24, 2.45) is 0 Å². The second-order valence-electron chi connectivity index (χ2n) is 5.15. The van der Waals surface area contributed by atoms with Crippen molar-refractivity contribution in [1.82, 2.24) is 15.2 Å². The molecule has 0 saturated carbocycles. The van der Waals surface area contributed by atoms with Gasteiger partial charge < -0.3 is 10.2 Å². The molecule has 1 aromatic rings. The first-order valence-corrected chi connectivity index (χ1v) is 5.45. The summed E-state index contributed by atoms with van der Waals surface area (Å²) in [7, 11) is 0. The maximum atomic E-state index is 11.9. The van der Waals surface area contributed by atoms with Gasteiger partial charge in [-0.15, -0.1) is 0 Å². The Morgan fingerprint density at radius 1 is 1.44 bits per heavy atom. The summed E-state index contributed by atoms with van der Waals surface area (Å²) in [6.45, 7) is 7.20. The highest BCUT2D eigenvalue weighted by molar-refractivity contribution is 5.75. The molecule has 0 saturated heterocycles. The van der Waals surface area contributed by atoms with Crippen molar-refractivity contribution in [2.45, 2.75) is 39.4 Å². The van der Waals surface area contributed by atoms with Gasteiger partial charge in [-0.05, 0) is 32.4 Å². The molecule has 0 aliphatic carbocycles. The Labute approximate surface area is 95.7 Å². The predicted molar refractivity (Wildman–Crippen MR) is 61.8 cm³/mol. The summed E-state index contributed by atoms with van der Waals surface area (Å²) in [5, 5.41) is 2.96. The molecule has 2 rings (SSSR count). The summed E-state index contributed by atoms with van der Waals surface area (Å²) >= 11 is 0. The first-order chi connectivity index (χ1) is 7.46. The number of fused-ring (bicyclic) bond motifs is 1. The number of aromatic nitrogens is 1. The van der Waals surface area contributed by atoms with E-state index in [1.54, 1.807) is 11.1 Å². The number of nitrogens with zero attached hydrogens (tertiary/aromatic N) is 2. The number of hydrogen-bond donors (Lipinski definition) is 1. The molecule has 0 unspecified atom stereocenters. The maximum absolute atomic E-state index is 11.9. The van der Waals surface area contributed by atoms with Crippen molar-refractivity contribution in [2.75, 3.05) is 0 Å². The molecule has 0 bridgehead atoms. The van der Waals surface area contributed by atoms with Gasteiger partial charge in [-0.3, -0.25) is 4.98 Å². The lowest BCUT2D eigenvalue weighted by atomic mass is 10.1. The normalized spacial score (nSPS) is 14.8. The van der Waals surface area contributed by atoms with E-state index >= 15 is 0 Å². The van der Waals surface area contributed by atoms with Crippen molar-refractivity contribution in [1.29, 1.82) is 0 Å². The van der Waals surface area contributed by atoms with Crippen molar-refractivity contribution < 1.29 is 4.79 Å². The smallest absolute Gasteiger partial charge is 0.318 e. The minimum absolute atomic E-state index is 0.0227. The van der Waals surface area contributed by atoms with Crippen LogP contribution in [-0.4, -0.2) is 21.5 Å². The fourth-order valence-electron chi connectivity index (χ4n) is 1.74. The van der Waals surface area contributed by atoms with Gasteiger partial charge in [0.05, 0.1) is 12.2 Å². The average molecular weight is 219 g/mol. The Morgan fingerprint density at radius 3 is 2.81 bits per heavy atom. The SMILES string of the molecule is CC(C)(C)NC(=O)N1Cc2cccnc2C1. The number of pyridine rings is 1. The van der Waals surface area contributed by atoms with E-state index in [1.165, 1.54) is 0 Å². The van der Waals surface area contributed by atoms with E-state index < -0.39 is 0 Å². The van der Waals surface area contributed by atoms with Crippen molar-refractivity contribution in [3.8, 4) is 0 Å². The molecule has 2 amide bonds. The molecule has 2 heterocycles. The van der Waals surface area contributed by atoms with Crippen LogP contribution in [0, 0.1) is 0 Å². The molecule has 0 aromatic carbocycles. The monoisotopic (exact) mass is 219 g/mol. The van der Waals surface area contributed by atoms with Crippen molar-refractivity contribution in [3.05, 3.63) is 29.6 Å². The number of hydrogen-bond acceptors (Lipinski definition) is 2. The first kappa shape index (κ1) is 10.9. The van der Waals surface area contributed by atoms with Crippen LogP contribution < -0.4 is 5.32 Å². The standard InChI is InChI=1S/C12H17N3O/c1-12(2,3)14-11(16)15-7-9-5-4-6-13-10(9)8-15/h4-6H,7-8H2,1-3H3,(H,14,16). The number of carbonyl (C=O) groups excluding carboxylic acids is 1. The summed E-state index contributed by atoms with van der Waals surface area (Å²) in [5.74, 6) is 0. The molecular formula is C12H17N3O. The van der Waals surface area contributed by atoms with Gasteiger partial charge in [-0.25, -0.2) is 4.79 Å². The molecule has 1 aromatic heterocycles. The lowest BCUT2D eigenvalue weighted by Crippen LogP contribution is -2.46. The van der Waals surface area contributed by atoms with Gasteiger partial charge in [-0.1, -0.05) is 6.07 Å². The van der Waals surface area contributed by atoms with Gasteiger partial charge in [0.2, 0.25) is 0 Å². The molecular weight excluding hydrogens is 202 g/mol. The summed E-state index contributed by atoms with van der Waals surface area (Å²) in [6, 6.07) is 3.90. The molecule has 0 atom stereocenters. The highest BCUT2D eigenvalue weighted by Gasteiger charge is 2.26. The van der Waals surface area contributed by atoms with Crippen LogP contribution in [0.3, 0.4) is 0 Å². The average Bonchev–Trinajstić information content (AvgIpc) is 2.58. The van der Waals surface area contributed by atoms with Crippen LogP contribution in [0.2, 0.25) is 0 Å². The van der Waals surface area contributed by atoms with Gasteiger partial charge >= 0.3 is 6.03 Å². The third-order valence-electron chi connectivity index (χ3n) is 2.46. The lowest BCUT2D eigenvalue weighted by Gasteiger charge is -2.25. The largest absolute Gasteiger partial charge is 0.333 e. The number of rotatable bonds is 0. The predicted octanol–water partition coefficient (Wildman–Crippen LogP) is 1.91. The third-order valence-corrected chi connectivity index (χ3v) is 2.46. The van der Waals surface area contributed by atoms with Crippen LogP contribution in [0.15, 0.2) is 18.3 Å². The Bertz CT molecular complexity index is 384. The fourth-order valence-corrected chi connectivity index (χ4v) is 1.74.